The van der Waals surface area contributed by atoms with Gasteiger partial charge in [0.1, 0.15) is 0 Å². The Hall–Kier alpha value is -1.56. The number of halogens is 3. The van der Waals surface area contributed by atoms with Crippen LogP contribution in [-0.4, -0.2) is 24.8 Å². The van der Waals surface area contributed by atoms with Crippen LogP contribution in [0, 0.1) is 0 Å². The molecule has 1 aromatic rings. The number of carbonyl (C=O) groups excluding carboxylic acids is 1. The number of benzene rings is 1. The summed E-state index contributed by atoms with van der Waals surface area (Å²) in [5.74, 6) is -0.921. The van der Waals surface area contributed by atoms with Crippen LogP contribution in [0.1, 0.15) is 32.0 Å². The fourth-order valence-electron chi connectivity index (χ4n) is 1.60. The van der Waals surface area contributed by atoms with E-state index in [-0.39, 0.29) is 18.6 Å². The van der Waals surface area contributed by atoms with Crippen molar-refractivity contribution in [2.45, 2.75) is 38.7 Å². The fourth-order valence-corrected chi connectivity index (χ4v) is 1.60. The Morgan fingerprint density at radius 3 is 2.35 bits per heavy atom. The molecule has 0 radical (unpaired) electrons. The predicted octanol–water partition coefficient (Wildman–Crippen LogP) is 3.65. The molecule has 0 saturated heterocycles. The van der Waals surface area contributed by atoms with Gasteiger partial charge in [0, 0.05) is 0 Å². The molecule has 1 rings (SSSR count). The summed E-state index contributed by atoms with van der Waals surface area (Å²) in [5.41, 5.74) is -0.212. The molecular weight excluding hydrogens is 273 g/mol. The number of alkyl halides is 3. The first-order valence-electron chi connectivity index (χ1n) is 6.33. The van der Waals surface area contributed by atoms with E-state index in [0.29, 0.717) is 0 Å². The minimum atomic E-state index is -4.10. The lowest BCUT2D eigenvalue weighted by molar-refractivity contribution is -0.295. The van der Waals surface area contributed by atoms with Crippen molar-refractivity contribution in [1.82, 2.24) is 0 Å². The third kappa shape index (κ3) is 4.23. The summed E-state index contributed by atoms with van der Waals surface area (Å²) in [5, 5.41) is 0. The lowest BCUT2D eigenvalue weighted by Crippen LogP contribution is -2.37. The van der Waals surface area contributed by atoms with Crippen LogP contribution < -0.4 is 0 Å². The Morgan fingerprint density at radius 2 is 1.85 bits per heavy atom. The number of esters is 1. The van der Waals surface area contributed by atoms with Gasteiger partial charge in [0.15, 0.2) is 6.10 Å². The first-order chi connectivity index (χ1) is 9.42. The molecule has 112 valence electrons. The molecule has 0 aliphatic rings. The zero-order chi connectivity index (χ0) is 15.2. The second-order valence-electron chi connectivity index (χ2n) is 4.10. The van der Waals surface area contributed by atoms with Gasteiger partial charge in [0.2, 0.25) is 6.17 Å². The number of rotatable bonds is 7. The first kappa shape index (κ1) is 16.5. The molecule has 0 spiro atoms. The highest BCUT2D eigenvalue weighted by Crippen LogP contribution is 2.37. The molecule has 1 aromatic carbocycles. The summed E-state index contributed by atoms with van der Waals surface area (Å²) >= 11 is 0. The van der Waals surface area contributed by atoms with Gasteiger partial charge in [-0.3, -0.25) is 0 Å². The lowest BCUT2D eigenvalue weighted by Gasteiger charge is -2.25. The summed E-state index contributed by atoms with van der Waals surface area (Å²) in [6, 6.07) is 6.93. The van der Waals surface area contributed by atoms with Crippen molar-refractivity contribution in [3.05, 3.63) is 35.9 Å². The Kier molecular flexibility index (Phi) is 6.01. The zero-order valence-corrected chi connectivity index (χ0v) is 11.3. The van der Waals surface area contributed by atoms with Gasteiger partial charge in [-0.25, -0.2) is 9.18 Å². The molecule has 0 aromatic heterocycles. The van der Waals surface area contributed by atoms with Crippen molar-refractivity contribution in [1.29, 1.82) is 0 Å². The zero-order valence-electron chi connectivity index (χ0n) is 11.3. The molecule has 0 saturated carbocycles. The van der Waals surface area contributed by atoms with Crippen molar-refractivity contribution >= 4 is 5.97 Å². The van der Waals surface area contributed by atoms with E-state index >= 15 is 0 Å². The van der Waals surface area contributed by atoms with E-state index < -0.39 is 24.4 Å². The smallest absolute Gasteiger partial charge is 0.391 e. The van der Waals surface area contributed by atoms with Crippen molar-refractivity contribution in [3.8, 4) is 0 Å². The number of hydrogen-bond donors (Lipinski definition) is 0. The average Bonchev–Trinajstić information content (AvgIpc) is 2.45. The molecule has 0 amide bonds. The summed E-state index contributed by atoms with van der Waals surface area (Å²) in [6.07, 6.45) is -8.27. The summed E-state index contributed by atoms with van der Waals surface area (Å²) in [4.78, 5) is 11.4. The maximum atomic E-state index is 13.8. The second kappa shape index (κ2) is 7.28. The molecule has 20 heavy (non-hydrogen) atoms. The number of hydrogen-bond acceptors (Lipinski definition) is 3. The van der Waals surface area contributed by atoms with Crippen molar-refractivity contribution in [3.63, 3.8) is 0 Å². The van der Waals surface area contributed by atoms with Gasteiger partial charge < -0.3 is 9.47 Å². The van der Waals surface area contributed by atoms with Crippen LogP contribution >= 0.6 is 0 Å². The molecule has 3 nitrogen and oxygen atoms in total. The van der Waals surface area contributed by atoms with E-state index in [1.807, 2.05) is 0 Å². The average molecular weight is 290 g/mol. The quantitative estimate of drug-likeness (QED) is 0.719. The van der Waals surface area contributed by atoms with Crippen LogP contribution in [-0.2, 0) is 14.3 Å². The minimum Gasteiger partial charge on any atom is -0.464 e. The van der Waals surface area contributed by atoms with Crippen LogP contribution in [0.3, 0.4) is 0 Å². The maximum absolute atomic E-state index is 13.8. The SMILES string of the molecule is CCOC(=O)C(CC)OC(F)(F)[C@H](F)c1ccccc1. The largest absolute Gasteiger partial charge is 0.464 e. The van der Waals surface area contributed by atoms with E-state index in [0.717, 1.165) is 0 Å². The minimum absolute atomic E-state index is 0.0318. The Morgan fingerprint density at radius 1 is 1.25 bits per heavy atom. The van der Waals surface area contributed by atoms with Crippen molar-refractivity contribution in [2.75, 3.05) is 6.61 Å². The molecule has 6 heteroatoms. The molecule has 0 bridgehead atoms. The number of ether oxygens (including phenoxy) is 2. The van der Waals surface area contributed by atoms with Gasteiger partial charge in [-0.1, -0.05) is 37.3 Å². The molecule has 0 aliphatic heterocycles. The third-order valence-corrected chi connectivity index (χ3v) is 2.61. The predicted molar refractivity (Wildman–Crippen MR) is 67.0 cm³/mol. The second-order valence-corrected chi connectivity index (χ2v) is 4.10. The molecule has 0 fully saturated rings. The first-order valence-corrected chi connectivity index (χ1v) is 6.33. The Bertz CT molecular complexity index is 423. The molecule has 2 atom stereocenters. The fraction of sp³-hybridized carbons (Fsp3) is 0.500. The van der Waals surface area contributed by atoms with Crippen LogP contribution in [0.4, 0.5) is 13.2 Å². The van der Waals surface area contributed by atoms with E-state index in [1.165, 1.54) is 31.2 Å². The molecule has 0 N–H and O–H groups in total. The van der Waals surface area contributed by atoms with E-state index in [2.05, 4.69) is 9.47 Å². The molecular formula is C14H17F3O3. The third-order valence-electron chi connectivity index (χ3n) is 2.61. The van der Waals surface area contributed by atoms with Gasteiger partial charge in [-0.2, -0.15) is 8.78 Å². The lowest BCUT2D eigenvalue weighted by atomic mass is 10.1. The molecule has 0 heterocycles. The van der Waals surface area contributed by atoms with Crippen LogP contribution in [0.25, 0.3) is 0 Å². The van der Waals surface area contributed by atoms with Crippen molar-refractivity contribution < 1.29 is 27.4 Å². The molecule has 1 unspecified atom stereocenters. The van der Waals surface area contributed by atoms with Gasteiger partial charge >= 0.3 is 12.1 Å². The maximum Gasteiger partial charge on any atom is 0.391 e. The van der Waals surface area contributed by atoms with Gasteiger partial charge in [0.25, 0.3) is 0 Å². The van der Waals surface area contributed by atoms with Crippen molar-refractivity contribution in [2.24, 2.45) is 0 Å². The number of carbonyl (C=O) groups is 1. The highest BCUT2D eigenvalue weighted by molar-refractivity contribution is 5.74. The Balaban J connectivity index is 2.79. The van der Waals surface area contributed by atoms with Crippen LogP contribution in [0.5, 0.6) is 0 Å². The monoisotopic (exact) mass is 290 g/mol. The molecule has 0 aliphatic carbocycles. The normalized spacial score (nSPS) is 14.7. The summed E-state index contributed by atoms with van der Waals surface area (Å²) in [6.45, 7) is 3.07. The van der Waals surface area contributed by atoms with Gasteiger partial charge in [0.05, 0.1) is 6.61 Å². The Labute approximate surface area is 115 Å². The van der Waals surface area contributed by atoms with Gasteiger partial charge in [-0.05, 0) is 18.9 Å². The van der Waals surface area contributed by atoms with E-state index in [1.54, 1.807) is 13.0 Å². The topological polar surface area (TPSA) is 35.5 Å². The standard InChI is InChI=1S/C14H17F3O3/c1-3-11(13(18)19-4-2)20-14(16,17)12(15)10-8-6-5-7-9-10/h5-9,11-12H,3-4H2,1-2H3/t11?,12-/m1/s1. The van der Waals surface area contributed by atoms with Crippen LogP contribution in [0.2, 0.25) is 0 Å². The van der Waals surface area contributed by atoms with E-state index in [9.17, 15) is 18.0 Å². The summed E-state index contributed by atoms with van der Waals surface area (Å²) in [7, 11) is 0. The van der Waals surface area contributed by atoms with Gasteiger partial charge in [-0.15, -0.1) is 0 Å². The highest BCUT2D eigenvalue weighted by atomic mass is 19.3. The van der Waals surface area contributed by atoms with E-state index in [4.69, 9.17) is 0 Å². The summed E-state index contributed by atoms with van der Waals surface area (Å²) < 4.78 is 50.2. The highest BCUT2D eigenvalue weighted by Gasteiger charge is 2.46. The van der Waals surface area contributed by atoms with Crippen LogP contribution in [0.15, 0.2) is 30.3 Å².